The van der Waals surface area contributed by atoms with Crippen LogP contribution in [0.5, 0.6) is 0 Å². The van der Waals surface area contributed by atoms with Gasteiger partial charge in [0.25, 0.3) is 11.5 Å². The molecule has 0 spiro atoms. The van der Waals surface area contributed by atoms with Crippen molar-refractivity contribution in [2.24, 2.45) is 0 Å². The molecule has 2 aliphatic heterocycles. The van der Waals surface area contributed by atoms with Crippen molar-refractivity contribution in [1.82, 2.24) is 14.5 Å². The van der Waals surface area contributed by atoms with Crippen LogP contribution in [-0.2, 0) is 19.5 Å². The molecule has 1 amide bonds. The number of amides is 1. The normalized spacial score (nSPS) is 16.0. The number of halogens is 2. The lowest BCUT2D eigenvalue weighted by Gasteiger charge is -2.29. The number of carbonyl (C=O) groups is 1. The van der Waals surface area contributed by atoms with Gasteiger partial charge in [-0.05, 0) is 29.7 Å². The van der Waals surface area contributed by atoms with Gasteiger partial charge in [-0.15, -0.1) is 0 Å². The van der Waals surface area contributed by atoms with Crippen LogP contribution < -0.4 is 5.56 Å². The first-order valence-electron chi connectivity index (χ1n) is 7.53. The van der Waals surface area contributed by atoms with E-state index in [2.05, 4.69) is 4.98 Å². The van der Waals surface area contributed by atoms with Crippen molar-refractivity contribution in [3.05, 3.63) is 55.4 Å². The molecule has 1 aromatic carbocycles. The predicted octanol–water partition coefficient (Wildman–Crippen LogP) is 2.85. The van der Waals surface area contributed by atoms with E-state index in [1.54, 1.807) is 15.5 Å². The molecule has 2 aliphatic rings. The molecule has 1 aromatic heterocycles. The molecule has 5 nitrogen and oxygen atoms in total. The van der Waals surface area contributed by atoms with E-state index in [9.17, 15) is 9.59 Å². The molecule has 3 heterocycles. The molecule has 0 N–H and O–H groups in total. The highest BCUT2D eigenvalue weighted by Crippen LogP contribution is 2.30. The molecule has 124 valence electrons. The highest BCUT2D eigenvalue weighted by atomic mass is 35.5. The van der Waals surface area contributed by atoms with Crippen molar-refractivity contribution in [3.63, 3.8) is 0 Å². The van der Waals surface area contributed by atoms with Crippen molar-refractivity contribution in [2.75, 3.05) is 12.3 Å². The minimum Gasteiger partial charge on any atom is -0.334 e. The molecule has 0 radical (unpaired) electrons. The van der Waals surface area contributed by atoms with Crippen LogP contribution in [0.2, 0.25) is 10.0 Å². The zero-order valence-corrected chi connectivity index (χ0v) is 14.9. The minimum atomic E-state index is -0.295. The maximum absolute atomic E-state index is 12.8. The maximum atomic E-state index is 12.8. The Morgan fingerprint density at radius 3 is 2.92 bits per heavy atom. The SMILES string of the molecule is O=C(c1cnc2n(c1=O)CCS2)N1CCc2cc(Cl)cc(Cl)c2C1. The molecule has 0 atom stereocenters. The summed E-state index contributed by atoms with van der Waals surface area (Å²) >= 11 is 13.8. The van der Waals surface area contributed by atoms with E-state index in [-0.39, 0.29) is 17.0 Å². The molecule has 8 heteroatoms. The first-order valence-corrected chi connectivity index (χ1v) is 9.27. The highest BCUT2D eigenvalue weighted by molar-refractivity contribution is 7.99. The van der Waals surface area contributed by atoms with Gasteiger partial charge in [-0.25, -0.2) is 4.98 Å². The lowest BCUT2D eigenvalue weighted by atomic mass is 9.99. The van der Waals surface area contributed by atoms with Crippen molar-refractivity contribution < 1.29 is 4.79 Å². The summed E-state index contributed by atoms with van der Waals surface area (Å²) in [6.45, 7) is 1.50. The molecule has 24 heavy (non-hydrogen) atoms. The van der Waals surface area contributed by atoms with Crippen molar-refractivity contribution in [1.29, 1.82) is 0 Å². The second-order valence-corrected chi connectivity index (χ2v) is 7.67. The summed E-state index contributed by atoms with van der Waals surface area (Å²) in [5, 5.41) is 1.82. The summed E-state index contributed by atoms with van der Waals surface area (Å²) in [7, 11) is 0. The standard InChI is InChI=1S/C16H13Cl2N3O2S/c17-10-5-9-1-2-20(8-12(9)13(18)6-10)14(22)11-7-19-16-21(15(11)23)3-4-24-16/h5-7H,1-4,8H2. The van der Waals surface area contributed by atoms with E-state index in [4.69, 9.17) is 23.2 Å². The summed E-state index contributed by atoms with van der Waals surface area (Å²) in [6.07, 6.45) is 2.06. The molecule has 0 aliphatic carbocycles. The fourth-order valence-corrected chi connectivity index (χ4v) is 4.60. The number of nitrogens with zero attached hydrogens (tertiary/aromatic N) is 3. The fourth-order valence-electron chi connectivity index (χ4n) is 3.09. The largest absolute Gasteiger partial charge is 0.334 e. The molecule has 0 unspecified atom stereocenters. The smallest absolute Gasteiger partial charge is 0.267 e. The summed E-state index contributed by atoms with van der Waals surface area (Å²) in [6, 6.07) is 3.56. The Kier molecular flexibility index (Phi) is 4.06. The summed E-state index contributed by atoms with van der Waals surface area (Å²) < 4.78 is 1.57. The van der Waals surface area contributed by atoms with E-state index in [1.807, 2.05) is 6.07 Å². The van der Waals surface area contributed by atoms with Gasteiger partial charge in [0.1, 0.15) is 5.56 Å². The van der Waals surface area contributed by atoms with Crippen LogP contribution in [0.15, 0.2) is 28.3 Å². The van der Waals surface area contributed by atoms with Gasteiger partial charge >= 0.3 is 0 Å². The first kappa shape index (κ1) is 16.0. The Balaban J connectivity index is 1.66. The minimum absolute atomic E-state index is 0.120. The Labute approximate surface area is 152 Å². The molecular formula is C16H13Cl2N3O2S. The van der Waals surface area contributed by atoms with Crippen LogP contribution in [0.4, 0.5) is 0 Å². The zero-order valence-electron chi connectivity index (χ0n) is 12.6. The second-order valence-electron chi connectivity index (χ2n) is 5.76. The number of benzene rings is 1. The molecule has 2 aromatic rings. The maximum Gasteiger partial charge on any atom is 0.267 e. The number of aromatic nitrogens is 2. The van der Waals surface area contributed by atoms with Gasteiger partial charge in [-0.3, -0.25) is 14.2 Å². The highest BCUT2D eigenvalue weighted by Gasteiger charge is 2.27. The van der Waals surface area contributed by atoms with Crippen LogP contribution in [0.3, 0.4) is 0 Å². The fraction of sp³-hybridized carbons (Fsp3) is 0.312. The monoisotopic (exact) mass is 381 g/mol. The van der Waals surface area contributed by atoms with Gasteiger partial charge in [0.2, 0.25) is 0 Å². The van der Waals surface area contributed by atoms with Crippen molar-refractivity contribution >= 4 is 40.9 Å². The van der Waals surface area contributed by atoms with E-state index in [0.29, 0.717) is 41.3 Å². The van der Waals surface area contributed by atoms with Crippen LogP contribution >= 0.6 is 35.0 Å². The number of rotatable bonds is 1. The van der Waals surface area contributed by atoms with Crippen LogP contribution in [0.25, 0.3) is 0 Å². The third-order valence-corrected chi connectivity index (χ3v) is 5.85. The van der Waals surface area contributed by atoms with Gasteiger partial charge in [-0.1, -0.05) is 35.0 Å². The molecule has 0 saturated heterocycles. The zero-order chi connectivity index (χ0) is 16.8. The number of carbonyl (C=O) groups excluding carboxylic acids is 1. The average molecular weight is 382 g/mol. The van der Waals surface area contributed by atoms with Crippen molar-refractivity contribution in [3.8, 4) is 0 Å². The molecular weight excluding hydrogens is 369 g/mol. The number of fused-ring (bicyclic) bond motifs is 2. The van der Waals surface area contributed by atoms with Gasteiger partial charge in [0.05, 0.1) is 0 Å². The van der Waals surface area contributed by atoms with Gasteiger partial charge < -0.3 is 4.90 Å². The Hall–Kier alpha value is -1.50. The Bertz CT molecular complexity index is 913. The Morgan fingerprint density at radius 1 is 1.25 bits per heavy atom. The Morgan fingerprint density at radius 2 is 2.08 bits per heavy atom. The van der Waals surface area contributed by atoms with Crippen LogP contribution in [0, 0.1) is 0 Å². The quantitative estimate of drug-likeness (QED) is 0.712. The third kappa shape index (κ3) is 2.62. The lowest BCUT2D eigenvalue weighted by Crippen LogP contribution is -2.40. The molecule has 0 saturated carbocycles. The average Bonchev–Trinajstić information content (AvgIpc) is 3.04. The van der Waals surface area contributed by atoms with E-state index in [1.165, 1.54) is 18.0 Å². The van der Waals surface area contributed by atoms with E-state index in [0.717, 1.165) is 16.9 Å². The second kappa shape index (κ2) is 6.10. The van der Waals surface area contributed by atoms with Gasteiger partial charge in [0, 0.05) is 41.6 Å². The summed E-state index contributed by atoms with van der Waals surface area (Å²) in [5.74, 6) is 0.518. The molecule has 0 fully saturated rings. The third-order valence-electron chi connectivity index (χ3n) is 4.33. The van der Waals surface area contributed by atoms with Crippen molar-refractivity contribution in [2.45, 2.75) is 24.7 Å². The number of hydrogen-bond donors (Lipinski definition) is 0. The van der Waals surface area contributed by atoms with E-state index >= 15 is 0 Å². The predicted molar refractivity (Wildman–Crippen MR) is 94.1 cm³/mol. The van der Waals surface area contributed by atoms with Gasteiger partial charge in [-0.2, -0.15) is 0 Å². The van der Waals surface area contributed by atoms with E-state index < -0.39 is 0 Å². The topological polar surface area (TPSA) is 55.2 Å². The number of hydrogen-bond acceptors (Lipinski definition) is 4. The van der Waals surface area contributed by atoms with Crippen LogP contribution in [0.1, 0.15) is 21.5 Å². The number of thioether (sulfide) groups is 1. The summed E-state index contributed by atoms with van der Waals surface area (Å²) in [5.41, 5.74) is 1.81. The molecule has 0 bridgehead atoms. The summed E-state index contributed by atoms with van der Waals surface area (Å²) in [4.78, 5) is 31.2. The van der Waals surface area contributed by atoms with Gasteiger partial charge in [0.15, 0.2) is 5.16 Å². The molecule has 4 rings (SSSR count). The lowest BCUT2D eigenvalue weighted by molar-refractivity contribution is 0.0731. The first-order chi connectivity index (χ1) is 11.5. The van der Waals surface area contributed by atoms with Crippen LogP contribution in [-0.4, -0.2) is 32.7 Å².